The Kier molecular flexibility index (Phi) is 23.3. The van der Waals surface area contributed by atoms with Gasteiger partial charge in [-0.25, -0.2) is 9.59 Å². The Morgan fingerprint density at radius 2 is 1.49 bits per heavy atom. The standard InChI is InChI=1S/C69H108N2O17/c1-16-64(11,84)30-18-20-40(3)59(82)87-58-43(6)85-61(57(81)56(58)80)88-65(12,17-2)31-19-21-44(37-72)60(83)86-52-36-69(39-70-48(24-27-54(77)78)55(79)42(5)71-45(38-73)22-26-53(75)76)47(34-62(52,7)8)46-23-25-50-66(13)32-28-41(4)63(9,10)49(66)29-33-67(50,14)68(46,15)35-51(69)74/h16-17,20-21,23,38,41-43,45,47-52,56-58,61,70-72,74,80-81,84H,1-2,18-19,22,24-37,39H2,3-15H3,(H,75,76)(H,77,78)/b40-20+,44-21+/t41?,42?,43?,45-,47?,48+,49?,50?,51?,52?,56?,57?,58?,61?,64?,65-,66?,67?,68?,69?/m1/s1. The van der Waals surface area contributed by atoms with E-state index in [1.807, 2.05) is 13.8 Å². The molecule has 0 aromatic heterocycles. The number of carboxylic acid groups (broad SMARTS) is 2. The molecular weight excluding hydrogens is 1130 g/mol. The first-order chi connectivity index (χ1) is 40.9. The van der Waals surface area contributed by atoms with Crippen LogP contribution in [-0.4, -0.2) is 157 Å². The molecule has 496 valence electrons. The first kappa shape index (κ1) is 72.6. The molecule has 20 atom stereocenters. The number of esters is 2. The Balaban J connectivity index is 1.25. The number of carboxylic acids is 2. The van der Waals surface area contributed by atoms with E-state index in [0.717, 1.165) is 32.1 Å². The van der Waals surface area contributed by atoms with Crippen LogP contribution < -0.4 is 10.6 Å². The number of aliphatic hydroxyl groups excluding tert-OH is 4. The number of allylic oxidation sites excluding steroid dienone is 4. The molecule has 0 radical (unpaired) electrons. The van der Waals surface area contributed by atoms with E-state index in [9.17, 15) is 64.5 Å². The Labute approximate surface area is 522 Å². The van der Waals surface area contributed by atoms with Crippen molar-refractivity contribution >= 4 is 35.9 Å². The lowest BCUT2D eigenvalue weighted by atomic mass is 9.33. The summed E-state index contributed by atoms with van der Waals surface area (Å²) in [4.78, 5) is 77.7. The molecular formula is C69H108N2O17. The zero-order valence-electron chi connectivity index (χ0n) is 54.9. The summed E-state index contributed by atoms with van der Waals surface area (Å²) in [5.41, 5.74) is -3.06. The number of carbonyl (C=O) groups excluding carboxylic acids is 4. The van der Waals surface area contributed by atoms with Gasteiger partial charge in [-0.05, 0) is 170 Å². The number of nitrogens with one attached hydrogen (secondary N) is 2. The molecule has 19 heteroatoms. The maximum absolute atomic E-state index is 14.6. The second kappa shape index (κ2) is 28.2. The van der Waals surface area contributed by atoms with Gasteiger partial charge in [-0.15, -0.1) is 13.2 Å². The molecule has 0 aromatic carbocycles. The number of hydrogen-bond donors (Lipinski definition) is 9. The van der Waals surface area contributed by atoms with Gasteiger partial charge in [0, 0.05) is 35.8 Å². The maximum Gasteiger partial charge on any atom is 0.336 e. The number of ether oxygens (including phenoxy) is 4. The number of Topliss-reactive ketones (excluding diaryl/α,β-unsaturated/α-hetero) is 1. The molecule has 0 aromatic rings. The normalized spacial score (nSPS) is 36.8. The number of aliphatic hydroxyl groups is 5. The summed E-state index contributed by atoms with van der Waals surface area (Å²) < 4.78 is 24.4. The van der Waals surface area contributed by atoms with E-state index in [0.29, 0.717) is 49.7 Å². The minimum atomic E-state index is -1.66. The first-order valence-electron chi connectivity index (χ1n) is 32.2. The third kappa shape index (κ3) is 15.0. The highest BCUT2D eigenvalue weighted by Crippen LogP contribution is 2.76. The van der Waals surface area contributed by atoms with E-state index in [-0.39, 0.29) is 84.8 Å². The molecule has 5 aliphatic carbocycles. The van der Waals surface area contributed by atoms with E-state index >= 15 is 0 Å². The average Bonchev–Trinajstić information content (AvgIpc) is 0.681. The quantitative estimate of drug-likeness (QED) is 0.0147. The van der Waals surface area contributed by atoms with Crippen LogP contribution in [-0.2, 0) is 47.7 Å². The molecule has 5 fully saturated rings. The van der Waals surface area contributed by atoms with E-state index in [4.69, 9.17) is 18.9 Å². The summed E-state index contributed by atoms with van der Waals surface area (Å²) in [6.45, 7) is 33.6. The number of fused-ring (bicyclic) bond motifs is 7. The molecule has 0 amide bonds. The van der Waals surface area contributed by atoms with Crippen molar-refractivity contribution in [1.29, 1.82) is 0 Å². The van der Waals surface area contributed by atoms with E-state index < -0.39 is 125 Å². The van der Waals surface area contributed by atoms with Gasteiger partial charge in [0.05, 0.1) is 53.7 Å². The number of aldehydes is 1. The topological polar surface area (TPSA) is 305 Å². The predicted octanol–water partition coefficient (Wildman–Crippen LogP) is 8.42. The predicted molar refractivity (Wildman–Crippen MR) is 332 cm³/mol. The molecule has 4 saturated carbocycles. The van der Waals surface area contributed by atoms with E-state index in [1.54, 1.807) is 46.8 Å². The maximum atomic E-state index is 14.6. The number of hydrogen-bond acceptors (Lipinski definition) is 17. The molecule has 19 nitrogen and oxygen atoms in total. The number of aliphatic carboxylic acids is 2. The van der Waals surface area contributed by atoms with Gasteiger partial charge in [-0.2, -0.15) is 0 Å². The summed E-state index contributed by atoms with van der Waals surface area (Å²) in [6.07, 6.45) is 6.76. The molecule has 0 bridgehead atoms. The van der Waals surface area contributed by atoms with Crippen LogP contribution in [0.2, 0.25) is 0 Å². The van der Waals surface area contributed by atoms with Crippen molar-refractivity contribution in [3.05, 3.63) is 60.3 Å². The molecule has 9 N–H and O–H groups in total. The summed E-state index contributed by atoms with van der Waals surface area (Å²) >= 11 is 0. The van der Waals surface area contributed by atoms with Gasteiger partial charge in [-0.1, -0.05) is 91.3 Å². The Morgan fingerprint density at radius 1 is 0.841 bits per heavy atom. The smallest absolute Gasteiger partial charge is 0.336 e. The third-order valence-electron chi connectivity index (χ3n) is 23.4. The lowest BCUT2D eigenvalue weighted by Gasteiger charge is -2.72. The van der Waals surface area contributed by atoms with Crippen molar-refractivity contribution in [2.45, 2.75) is 265 Å². The Bertz CT molecular complexity index is 2660. The molecule has 17 unspecified atom stereocenters. The van der Waals surface area contributed by atoms with Gasteiger partial charge in [0.1, 0.15) is 24.6 Å². The highest BCUT2D eigenvalue weighted by atomic mass is 16.7. The van der Waals surface area contributed by atoms with Crippen molar-refractivity contribution in [3.8, 4) is 0 Å². The van der Waals surface area contributed by atoms with Crippen LogP contribution in [0.15, 0.2) is 60.3 Å². The Morgan fingerprint density at radius 3 is 2.10 bits per heavy atom. The van der Waals surface area contributed by atoms with Crippen molar-refractivity contribution < 1.29 is 83.5 Å². The SMILES string of the molecule is C=CC(C)(O)CC/C=C(\C)C(=O)OC1C(C)OC(O[C@](C)(C=C)CC/C=C(\CO)C(=O)OC2CC3(CN[C@@H](CCC(=O)O)C(=O)C(C)N[C@@H](C=O)CCC(=O)O)C(O)CC4(C)C(=CCC5C6(C)CCC(C)C(C)(C)C6CCC54C)C3CC2(C)C)C(O)C1O. The molecule has 88 heavy (non-hydrogen) atoms. The number of carbonyl (C=O) groups is 6. The van der Waals surface area contributed by atoms with Crippen molar-refractivity contribution in [2.24, 2.45) is 56.2 Å². The van der Waals surface area contributed by atoms with E-state index in [1.165, 1.54) is 17.7 Å². The first-order valence-corrected chi connectivity index (χ1v) is 32.2. The summed E-state index contributed by atoms with van der Waals surface area (Å²) in [6, 6.07) is -3.01. The van der Waals surface area contributed by atoms with Crippen LogP contribution in [0.1, 0.15) is 193 Å². The molecule has 1 aliphatic heterocycles. The molecule has 6 aliphatic rings. The molecule has 0 spiro atoms. The fourth-order valence-electron chi connectivity index (χ4n) is 16.9. The van der Waals surface area contributed by atoms with Crippen molar-refractivity contribution in [3.63, 3.8) is 0 Å². The fourth-order valence-corrected chi connectivity index (χ4v) is 16.9. The highest BCUT2D eigenvalue weighted by Gasteiger charge is 2.70. The van der Waals surface area contributed by atoms with Crippen LogP contribution in [0.25, 0.3) is 0 Å². The van der Waals surface area contributed by atoms with Crippen LogP contribution in [0.4, 0.5) is 0 Å². The third-order valence-corrected chi connectivity index (χ3v) is 23.4. The zero-order chi connectivity index (χ0) is 65.9. The minimum absolute atomic E-state index is 0.0323. The highest BCUT2D eigenvalue weighted by molar-refractivity contribution is 5.90. The van der Waals surface area contributed by atoms with Crippen molar-refractivity contribution in [1.82, 2.24) is 10.6 Å². The average molecular weight is 1240 g/mol. The minimum Gasteiger partial charge on any atom is -0.481 e. The van der Waals surface area contributed by atoms with Gasteiger partial charge in [-0.3, -0.25) is 19.7 Å². The monoisotopic (exact) mass is 1240 g/mol. The van der Waals surface area contributed by atoms with Crippen LogP contribution in [0.3, 0.4) is 0 Å². The molecule has 1 saturated heterocycles. The van der Waals surface area contributed by atoms with Crippen LogP contribution in [0.5, 0.6) is 0 Å². The summed E-state index contributed by atoms with van der Waals surface area (Å²) in [5.74, 6) is -2.97. The summed E-state index contributed by atoms with van der Waals surface area (Å²) in [7, 11) is 0. The van der Waals surface area contributed by atoms with Gasteiger partial charge in [0.25, 0.3) is 0 Å². The number of ketones is 1. The van der Waals surface area contributed by atoms with Crippen LogP contribution in [0, 0.1) is 56.2 Å². The largest absolute Gasteiger partial charge is 0.481 e. The lowest BCUT2D eigenvalue weighted by Crippen LogP contribution is -2.68. The molecule has 6 rings (SSSR count). The fraction of sp³-hybridized carbons (Fsp3) is 0.768. The second-order valence-electron chi connectivity index (χ2n) is 29.8. The van der Waals surface area contributed by atoms with Gasteiger partial charge >= 0.3 is 23.9 Å². The number of rotatable bonds is 29. The van der Waals surface area contributed by atoms with Crippen LogP contribution >= 0.6 is 0 Å². The van der Waals surface area contributed by atoms with Crippen molar-refractivity contribution in [2.75, 3.05) is 13.2 Å². The van der Waals surface area contributed by atoms with Gasteiger partial charge in [0.2, 0.25) is 0 Å². The second-order valence-corrected chi connectivity index (χ2v) is 29.8. The summed E-state index contributed by atoms with van der Waals surface area (Å²) in [5, 5.41) is 82.6. The molecule has 1 heterocycles. The van der Waals surface area contributed by atoms with Gasteiger partial charge in [0.15, 0.2) is 18.2 Å². The van der Waals surface area contributed by atoms with E-state index in [2.05, 4.69) is 71.4 Å². The van der Waals surface area contributed by atoms with Gasteiger partial charge < -0.3 is 64.8 Å². The Hall–Kier alpha value is -4.44. The lowest BCUT2D eigenvalue weighted by molar-refractivity contribution is -0.314. The zero-order valence-corrected chi connectivity index (χ0v) is 54.9.